The molecule has 0 aliphatic carbocycles. The number of ether oxygens (including phenoxy) is 1. The maximum Gasteiger partial charge on any atom is 0.234 e. The summed E-state index contributed by atoms with van der Waals surface area (Å²) in [6.07, 6.45) is 3.88. The zero-order chi connectivity index (χ0) is 18.0. The molecule has 0 saturated carbocycles. The summed E-state index contributed by atoms with van der Waals surface area (Å²) in [5.74, 6) is 0.634. The summed E-state index contributed by atoms with van der Waals surface area (Å²) in [5, 5.41) is 2.98. The second kappa shape index (κ2) is 10.0. The van der Waals surface area contributed by atoms with Gasteiger partial charge in [-0.2, -0.15) is 0 Å². The molecule has 2 heterocycles. The van der Waals surface area contributed by atoms with Gasteiger partial charge in [0.25, 0.3) is 0 Å². The monoisotopic (exact) mass is 353 g/mol. The van der Waals surface area contributed by atoms with Crippen molar-refractivity contribution in [2.24, 2.45) is 5.92 Å². The van der Waals surface area contributed by atoms with Crippen molar-refractivity contribution in [2.75, 3.05) is 26.3 Å². The highest BCUT2D eigenvalue weighted by molar-refractivity contribution is 5.77. The van der Waals surface area contributed by atoms with Gasteiger partial charge in [0, 0.05) is 32.5 Å². The van der Waals surface area contributed by atoms with Gasteiger partial charge in [-0.1, -0.05) is 36.4 Å². The first-order valence-electron chi connectivity index (χ1n) is 9.30. The predicted octanol–water partition coefficient (Wildman–Crippen LogP) is 2.63. The third-order valence-electron chi connectivity index (χ3n) is 4.67. The van der Waals surface area contributed by atoms with E-state index in [0.717, 1.165) is 44.8 Å². The first-order chi connectivity index (χ1) is 12.8. The number of hydrogen-bond donors (Lipinski definition) is 1. The Hall–Kier alpha value is -2.24. The van der Waals surface area contributed by atoms with Crippen LogP contribution in [0.25, 0.3) is 0 Å². The summed E-state index contributed by atoms with van der Waals surface area (Å²) >= 11 is 0. The number of pyridine rings is 1. The molecule has 3 rings (SSSR count). The fraction of sp³-hybridized carbons (Fsp3) is 0.429. The highest BCUT2D eigenvalue weighted by Gasteiger charge is 2.19. The number of carbonyl (C=O) groups is 1. The molecule has 1 aliphatic rings. The Kier molecular flexibility index (Phi) is 7.16. The van der Waals surface area contributed by atoms with Crippen LogP contribution in [0.4, 0.5) is 0 Å². The quantitative estimate of drug-likeness (QED) is 0.793. The van der Waals surface area contributed by atoms with E-state index in [2.05, 4.69) is 27.3 Å². The number of amides is 1. The summed E-state index contributed by atoms with van der Waals surface area (Å²) in [6.45, 7) is 4.24. The summed E-state index contributed by atoms with van der Waals surface area (Å²) < 4.78 is 5.46. The highest BCUT2D eigenvalue weighted by Crippen LogP contribution is 2.17. The third kappa shape index (κ3) is 6.24. The fourth-order valence-corrected chi connectivity index (χ4v) is 3.27. The van der Waals surface area contributed by atoms with Gasteiger partial charge >= 0.3 is 0 Å². The lowest BCUT2D eigenvalue weighted by atomic mass is 9.99. The van der Waals surface area contributed by atoms with E-state index in [1.54, 1.807) is 6.20 Å². The zero-order valence-electron chi connectivity index (χ0n) is 15.1. The number of nitrogens with one attached hydrogen (secondary N) is 1. The normalized spacial score (nSPS) is 15.1. The van der Waals surface area contributed by atoms with Crippen molar-refractivity contribution < 1.29 is 9.53 Å². The Bertz CT molecular complexity index is 657. The average Bonchev–Trinajstić information content (AvgIpc) is 2.69. The van der Waals surface area contributed by atoms with Gasteiger partial charge in [-0.05, 0) is 36.5 Å². The summed E-state index contributed by atoms with van der Waals surface area (Å²) in [5.41, 5.74) is 2.11. The Morgan fingerprint density at radius 3 is 2.62 bits per heavy atom. The molecule has 1 N–H and O–H groups in total. The van der Waals surface area contributed by atoms with E-state index in [-0.39, 0.29) is 5.91 Å². The van der Waals surface area contributed by atoms with Gasteiger partial charge in [-0.25, -0.2) is 0 Å². The van der Waals surface area contributed by atoms with E-state index >= 15 is 0 Å². The van der Waals surface area contributed by atoms with Gasteiger partial charge < -0.3 is 10.1 Å². The number of carbonyl (C=O) groups excluding carboxylic acids is 1. The summed E-state index contributed by atoms with van der Waals surface area (Å²) in [7, 11) is 0. The predicted molar refractivity (Wildman–Crippen MR) is 101 cm³/mol. The van der Waals surface area contributed by atoms with Gasteiger partial charge in [-0.3, -0.25) is 14.7 Å². The molecule has 1 aromatic heterocycles. The molecule has 0 unspecified atom stereocenters. The van der Waals surface area contributed by atoms with E-state index in [1.165, 1.54) is 5.56 Å². The SMILES string of the molecule is O=C(CN(Cc1ccccc1)CC1CCOCC1)NCc1ccccn1. The van der Waals surface area contributed by atoms with Crippen molar-refractivity contribution in [3.05, 3.63) is 66.0 Å². The van der Waals surface area contributed by atoms with Crippen molar-refractivity contribution in [1.29, 1.82) is 0 Å². The molecule has 1 fully saturated rings. The first kappa shape index (κ1) is 18.5. The minimum Gasteiger partial charge on any atom is -0.381 e. The fourth-order valence-electron chi connectivity index (χ4n) is 3.27. The lowest BCUT2D eigenvalue weighted by Gasteiger charge is -2.29. The van der Waals surface area contributed by atoms with E-state index in [9.17, 15) is 4.79 Å². The largest absolute Gasteiger partial charge is 0.381 e. The van der Waals surface area contributed by atoms with Crippen molar-refractivity contribution in [1.82, 2.24) is 15.2 Å². The van der Waals surface area contributed by atoms with Gasteiger partial charge in [0.15, 0.2) is 0 Å². The molecule has 5 nitrogen and oxygen atoms in total. The minimum absolute atomic E-state index is 0.0404. The van der Waals surface area contributed by atoms with Crippen molar-refractivity contribution in [3.8, 4) is 0 Å². The van der Waals surface area contributed by atoms with Crippen LogP contribution >= 0.6 is 0 Å². The Morgan fingerprint density at radius 2 is 1.88 bits per heavy atom. The van der Waals surface area contributed by atoms with Crippen molar-refractivity contribution in [3.63, 3.8) is 0 Å². The number of rotatable bonds is 8. The molecule has 0 atom stereocenters. The van der Waals surface area contributed by atoms with Crippen LogP contribution in [0.2, 0.25) is 0 Å². The van der Waals surface area contributed by atoms with Crippen LogP contribution in [0.15, 0.2) is 54.7 Å². The van der Waals surface area contributed by atoms with Crippen LogP contribution in [0.3, 0.4) is 0 Å². The van der Waals surface area contributed by atoms with Crippen molar-refractivity contribution in [2.45, 2.75) is 25.9 Å². The second-order valence-corrected chi connectivity index (χ2v) is 6.81. The Labute approximate surface area is 155 Å². The second-order valence-electron chi connectivity index (χ2n) is 6.81. The molecule has 1 amide bonds. The van der Waals surface area contributed by atoms with Gasteiger partial charge in [0.1, 0.15) is 0 Å². The molecule has 0 spiro atoms. The third-order valence-corrected chi connectivity index (χ3v) is 4.67. The maximum absolute atomic E-state index is 12.5. The molecule has 0 bridgehead atoms. The molecular formula is C21H27N3O2. The first-order valence-corrected chi connectivity index (χ1v) is 9.30. The highest BCUT2D eigenvalue weighted by atomic mass is 16.5. The Balaban J connectivity index is 1.55. The van der Waals surface area contributed by atoms with E-state index in [0.29, 0.717) is 19.0 Å². The molecule has 5 heteroatoms. The standard InChI is InChI=1S/C21H27N3O2/c25-21(23-14-20-8-4-5-11-22-20)17-24(15-18-6-2-1-3-7-18)16-19-9-12-26-13-10-19/h1-8,11,19H,9-10,12-17H2,(H,23,25). The number of aromatic nitrogens is 1. The van der Waals surface area contributed by atoms with Crippen LogP contribution in [0.5, 0.6) is 0 Å². The summed E-state index contributed by atoms with van der Waals surface area (Å²) in [4.78, 5) is 19.0. The topological polar surface area (TPSA) is 54.5 Å². The lowest BCUT2D eigenvalue weighted by Crippen LogP contribution is -2.40. The van der Waals surface area contributed by atoms with Gasteiger partial charge in [0.2, 0.25) is 5.91 Å². The smallest absolute Gasteiger partial charge is 0.234 e. The lowest BCUT2D eigenvalue weighted by molar-refractivity contribution is -0.122. The molecule has 0 radical (unpaired) electrons. The van der Waals surface area contributed by atoms with E-state index < -0.39 is 0 Å². The maximum atomic E-state index is 12.5. The number of nitrogens with zero attached hydrogens (tertiary/aromatic N) is 2. The molecule has 138 valence electrons. The molecule has 26 heavy (non-hydrogen) atoms. The van der Waals surface area contributed by atoms with Crippen molar-refractivity contribution >= 4 is 5.91 Å². The molecule has 1 saturated heterocycles. The number of benzene rings is 1. The van der Waals surface area contributed by atoms with Gasteiger partial charge in [-0.15, -0.1) is 0 Å². The minimum atomic E-state index is 0.0404. The van der Waals surface area contributed by atoms with E-state index in [4.69, 9.17) is 4.74 Å². The summed E-state index contributed by atoms with van der Waals surface area (Å²) in [6, 6.07) is 16.1. The van der Waals surface area contributed by atoms with Crippen LogP contribution in [0, 0.1) is 5.92 Å². The zero-order valence-corrected chi connectivity index (χ0v) is 15.1. The van der Waals surface area contributed by atoms with Crippen LogP contribution in [0.1, 0.15) is 24.1 Å². The van der Waals surface area contributed by atoms with E-state index in [1.807, 2.05) is 36.4 Å². The molecule has 1 aliphatic heterocycles. The molecular weight excluding hydrogens is 326 g/mol. The Morgan fingerprint density at radius 1 is 1.12 bits per heavy atom. The molecule has 2 aromatic rings. The average molecular weight is 353 g/mol. The molecule has 1 aromatic carbocycles. The van der Waals surface area contributed by atoms with Crippen LogP contribution < -0.4 is 5.32 Å². The van der Waals surface area contributed by atoms with Crippen LogP contribution in [-0.4, -0.2) is 42.1 Å². The van der Waals surface area contributed by atoms with Gasteiger partial charge in [0.05, 0.1) is 18.8 Å². The number of hydrogen-bond acceptors (Lipinski definition) is 4. The van der Waals surface area contributed by atoms with Crippen LogP contribution in [-0.2, 0) is 22.6 Å².